The van der Waals surface area contributed by atoms with Gasteiger partial charge in [-0.1, -0.05) is 18.2 Å². The first-order valence-electron chi connectivity index (χ1n) is 5.50. The van der Waals surface area contributed by atoms with Crippen molar-refractivity contribution in [1.82, 2.24) is 4.57 Å². The quantitative estimate of drug-likeness (QED) is 0.609. The van der Waals surface area contributed by atoms with Crippen LogP contribution in [-0.4, -0.2) is 9.49 Å². The van der Waals surface area contributed by atoms with Gasteiger partial charge >= 0.3 is 0 Å². The number of hydrogen-bond acceptors (Lipinski definition) is 3. The number of aryl methyl sites for hydroxylation is 2. The zero-order valence-electron chi connectivity index (χ0n) is 9.61. The van der Waals surface area contributed by atoms with E-state index < -0.39 is 0 Å². The summed E-state index contributed by atoms with van der Waals surface area (Å²) in [6.07, 6.45) is 2.33. The molecule has 0 saturated heterocycles. The minimum absolute atomic E-state index is 0.128. The van der Waals surface area contributed by atoms with E-state index in [0.717, 1.165) is 0 Å². The van der Waals surface area contributed by atoms with Crippen LogP contribution in [0.3, 0.4) is 0 Å². The maximum absolute atomic E-state index is 10.9. The highest BCUT2D eigenvalue weighted by molar-refractivity contribution is 5.39. The molecule has 2 aromatic rings. The number of aromatic nitrogens is 1. The smallest absolute Gasteiger partial charge is 0.272 e. The zero-order valence-corrected chi connectivity index (χ0v) is 9.61. The van der Waals surface area contributed by atoms with Gasteiger partial charge in [-0.2, -0.15) is 5.26 Å². The summed E-state index contributed by atoms with van der Waals surface area (Å²) in [7, 11) is 0. The van der Waals surface area contributed by atoms with Gasteiger partial charge in [0.1, 0.15) is 11.8 Å². The highest BCUT2D eigenvalue weighted by atomic mass is 16.6. The summed E-state index contributed by atoms with van der Waals surface area (Å²) in [5.41, 5.74) is 1.37. The Morgan fingerprint density at radius 3 is 2.78 bits per heavy atom. The van der Waals surface area contributed by atoms with Crippen molar-refractivity contribution in [2.24, 2.45) is 0 Å². The van der Waals surface area contributed by atoms with E-state index in [1.54, 1.807) is 41.1 Å². The van der Waals surface area contributed by atoms with Crippen LogP contribution in [-0.2, 0) is 13.0 Å². The van der Waals surface area contributed by atoms with Crippen molar-refractivity contribution >= 4 is 5.69 Å². The number of nitro groups is 1. The molecule has 0 aliphatic carbocycles. The first kappa shape index (κ1) is 11.9. The van der Waals surface area contributed by atoms with Gasteiger partial charge in [0.05, 0.1) is 4.92 Å². The van der Waals surface area contributed by atoms with Crippen LogP contribution in [0.15, 0.2) is 42.6 Å². The van der Waals surface area contributed by atoms with Gasteiger partial charge in [-0.15, -0.1) is 0 Å². The fraction of sp³-hybridized carbons (Fsp3) is 0.154. The van der Waals surface area contributed by atoms with Crippen molar-refractivity contribution in [3.63, 3.8) is 0 Å². The number of rotatable bonds is 4. The molecule has 5 heteroatoms. The van der Waals surface area contributed by atoms with E-state index in [2.05, 4.69) is 6.07 Å². The molecule has 0 radical (unpaired) electrons. The van der Waals surface area contributed by atoms with Gasteiger partial charge in [-0.05, 0) is 18.6 Å². The molecule has 0 atom stereocenters. The minimum Gasteiger partial charge on any atom is -0.339 e. The summed E-state index contributed by atoms with van der Waals surface area (Å²) < 4.78 is 1.79. The molecular weight excluding hydrogens is 230 g/mol. The zero-order chi connectivity index (χ0) is 13.0. The molecule has 0 aliphatic rings. The van der Waals surface area contributed by atoms with Gasteiger partial charge in [0, 0.05) is 24.4 Å². The van der Waals surface area contributed by atoms with Crippen LogP contribution in [0, 0.1) is 21.4 Å². The van der Waals surface area contributed by atoms with Crippen molar-refractivity contribution in [2.75, 3.05) is 0 Å². The van der Waals surface area contributed by atoms with Gasteiger partial charge in [0.2, 0.25) is 0 Å². The van der Waals surface area contributed by atoms with Crippen LogP contribution >= 0.6 is 0 Å². The Morgan fingerprint density at radius 2 is 2.06 bits per heavy atom. The number of hydrogen-bond donors (Lipinski definition) is 0. The molecule has 1 aromatic carbocycles. The Kier molecular flexibility index (Phi) is 3.39. The molecule has 0 spiro atoms. The Labute approximate surface area is 104 Å². The lowest BCUT2D eigenvalue weighted by Crippen LogP contribution is -2.04. The molecule has 1 heterocycles. The normalized spacial score (nSPS) is 9.94. The molecule has 0 amide bonds. The first-order valence-corrected chi connectivity index (χ1v) is 5.50. The summed E-state index contributed by atoms with van der Waals surface area (Å²) in [5, 5.41) is 19.7. The molecule has 2 rings (SSSR count). The Bertz CT molecular complexity index is 611. The van der Waals surface area contributed by atoms with E-state index >= 15 is 0 Å². The molecule has 0 fully saturated rings. The average Bonchev–Trinajstić information content (AvgIpc) is 2.84. The van der Waals surface area contributed by atoms with Crippen LogP contribution < -0.4 is 0 Å². The SMILES string of the molecule is N#Cc1cccn1CCc1ccccc1[N+](=O)[O-]. The second-order valence-electron chi connectivity index (χ2n) is 3.83. The molecule has 0 N–H and O–H groups in total. The second kappa shape index (κ2) is 5.15. The van der Waals surface area contributed by atoms with E-state index in [1.165, 1.54) is 6.07 Å². The lowest BCUT2D eigenvalue weighted by molar-refractivity contribution is -0.385. The Balaban J connectivity index is 2.16. The average molecular weight is 241 g/mol. The van der Waals surface area contributed by atoms with Crippen LogP contribution in [0.1, 0.15) is 11.3 Å². The highest BCUT2D eigenvalue weighted by Crippen LogP contribution is 2.18. The number of nitro benzene ring substituents is 1. The first-order chi connectivity index (χ1) is 8.72. The Hall–Kier alpha value is -2.61. The van der Waals surface area contributed by atoms with Crippen LogP contribution in [0.4, 0.5) is 5.69 Å². The van der Waals surface area contributed by atoms with Gasteiger partial charge in [-0.3, -0.25) is 10.1 Å². The third kappa shape index (κ3) is 2.38. The number of benzene rings is 1. The lowest BCUT2D eigenvalue weighted by atomic mass is 10.1. The van der Waals surface area contributed by atoms with Crippen LogP contribution in [0.5, 0.6) is 0 Å². The maximum atomic E-state index is 10.9. The van der Waals surface area contributed by atoms with Gasteiger partial charge in [0.15, 0.2) is 0 Å². The van der Waals surface area contributed by atoms with Crippen molar-refractivity contribution in [2.45, 2.75) is 13.0 Å². The van der Waals surface area contributed by atoms with E-state index in [0.29, 0.717) is 24.2 Å². The summed E-state index contributed by atoms with van der Waals surface area (Å²) >= 11 is 0. The van der Waals surface area contributed by atoms with Crippen molar-refractivity contribution in [1.29, 1.82) is 5.26 Å². The van der Waals surface area contributed by atoms with E-state index in [1.807, 2.05) is 0 Å². The molecule has 0 unspecified atom stereocenters. The predicted octanol–water partition coefficient (Wildman–Crippen LogP) is 2.51. The summed E-state index contributed by atoms with van der Waals surface area (Å²) in [6, 6.07) is 12.3. The van der Waals surface area contributed by atoms with Gasteiger partial charge in [0.25, 0.3) is 5.69 Å². The third-order valence-electron chi connectivity index (χ3n) is 2.75. The second-order valence-corrected chi connectivity index (χ2v) is 3.83. The Morgan fingerprint density at radius 1 is 1.28 bits per heavy atom. The minimum atomic E-state index is -0.379. The fourth-order valence-electron chi connectivity index (χ4n) is 1.85. The topological polar surface area (TPSA) is 71.9 Å². The van der Waals surface area contributed by atoms with Crippen LogP contribution in [0.25, 0.3) is 0 Å². The van der Waals surface area contributed by atoms with E-state index in [9.17, 15) is 10.1 Å². The van der Waals surface area contributed by atoms with Gasteiger partial charge < -0.3 is 4.57 Å². The van der Waals surface area contributed by atoms with Crippen LogP contribution in [0.2, 0.25) is 0 Å². The van der Waals surface area contributed by atoms with Crippen molar-refractivity contribution in [3.05, 3.63) is 64.0 Å². The molecule has 18 heavy (non-hydrogen) atoms. The number of nitriles is 1. The number of para-hydroxylation sites is 1. The van der Waals surface area contributed by atoms with Gasteiger partial charge in [-0.25, -0.2) is 0 Å². The third-order valence-corrected chi connectivity index (χ3v) is 2.75. The number of nitrogens with zero attached hydrogens (tertiary/aromatic N) is 3. The maximum Gasteiger partial charge on any atom is 0.272 e. The summed E-state index contributed by atoms with van der Waals surface area (Å²) in [5.74, 6) is 0. The van der Waals surface area contributed by atoms with Crippen molar-refractivity contribution in [3.8, 4) is 6.07 Å². The monoisotopic (exact) mass is 241 g/mol. The molecule has 0 aliphatic heterocycles. The van der Waals surface area contributed by atoms with E-state index in [4.69, 9.17) is 5.26 Å². The molecular formula is C13H11N3O2. The molecule has 90 valence electrons. The molecule has 0 saturated carbocycles. The van der Waals surface area contributed by atoms with Crippen molar-refractivity contribution < 1.29 is 4.92 Å². The lowest BCUT2D eigenvalue weighted by Gasteiger charge is -2.05. The highest BCUT2D eigenvalue weighted by Gasteiger charge is 2.12. The standard InChI is InChI=1S/C13H11N3O2/c14-10-12-5-3-8-15(12)9-7-11-4-1-2-6-13(11)16(17)18/h1-6,8H,7,9H2. The predicted molar refractivity (Wildman–Crippen MR) is 65.9 cm³/mol. The molecule has 0 bridgehead atoms. The van der Waals surface area contributed by atoms with E-state index in [-0.39, 0.29) is 10.6 Å². The molecule has 5 nitrogen and oxygen atoms in total. The summed E-state index contributed by atoms with van der Waals surface area (Å²) in [6.45, 7) is 0.556. The fourth-order valence-corrected chi connectivity index (χ4v) is 1.85. The summed E-state index contributed by atoms with van der Waals surface area (Å²) in [4.78, 5) is 10.5. The largest absolute Gasteiger partial charge is 0.339 e. The molecule has 1 aromatic heterocycles.